The van der Waals surface area contributed by atoms with Crippen LogP contribution in [0.2, 0.25) is 0 Å². The lowest BCUT2D eigenvalue weighted by molar-refractivity contribution is -0.136. The van der Waals surface area contributed by atoms with Crippen LogP contribution in [0.25, 0.3) is 0 Å². The van der Waals surface area contributed by atoms with Crippen LogP contribution in [0.15, 0.2) is 24.3 Å². The first-order chi connectivity index (χ1) is 9.76. The molecule has 21 heavy (non-hydrogen) atoms. The third-order valence-electron chi connectivity index (χ3n) is 2.50. The molecule has 3 N–H and O–H groups in total. The van der Waals surface area contributed by atoms with Crippen molar-refractivity contribution in [2.45, 2.75) is 12.2 Å². The minimum atomic E-state index is -4.05. The van der Waals surface area contributed by atoms with Crippen LogP contribution in [-0.4, -0.2) is 44.4 Å². The molecule has 9 heteroatoms. The molecular weight excluding hydrogens is 300 g/mol. The average molecular weight is 316 g/mol. The first kappa shape index (κ1) is 16.9. The van der Waals surface area contributed by atoms with Crippen LogP contribution in [0.4, 0.5) is 11.4 Å². The number of rotatable bonds is 7. The first-order valence-corrected chi connectivity index (χ1v) is 7.44. The fourth-order valence-electron chi connectivity index (χ4n) is 1.37. The minimum absolute atomic E-state index is 0.133. The number of methoxy groups -OCH3 is 1. The monoisotopic (exact) mass is 316 g/mol. The number of hydrogen-bond acceptors (Lipinski definition) is 5. The fourth-order valence-corrected chi connectivity index (χ4v) is 2.27. The summed E-state index contributed by atoms with van der Waals surface area (Å²) in [5.74, 6) is -1.84. The van der Waals surface area contributed by atoms with E-state index in [9.17, 15) is 18.0 Å². The number of hydrogen-bond donors (Lipinski definition) is 3. The largest absolute Gasteiger partial charge is 0.480 e. The second-order valence-electron chi connectivity index (χ2n) is 4.19. The van der Waals surface area contributed by atoms with Crippen LogP contribution in [0, 0.1) is 0 Å². The Hall–Kier alpha value is -2.13. The Kier molecular flexibility index (Phi) is 5.68. The van der Waals surface area contributed by atoms with Gasteiger partial charge in [0.15, 0.2) is 5.25 Å². The molecule has 0 bridgehead atoms. The van der Waals surface area contributed by atoms with Gasteiger partial charge in [0.05, 0.1) is 5.69 Å². The number of carboxylic acids is 1. The van der Waals surface area contributed by atoms with E-state index in [0.717, 1.165) is 6.92 Å². The van der Waals surface area contributed by atoms with Crippen molar-refractivity contribution in [1.29, 1.82) is 0 Å². The maximum absolute atomic E-state index is 11.8. The van der Waals surface area contributed by atoms with Gasteiger partial charge in [0.2, 0.25) is 15.9 Å². The van der Waals surface area contributed by atoms with Crippen molar-refractivity contribution in [3.8, 4) is 0 Å². The molecule has 0 aliphatic heterocycles. The molecule has 0 heterocycles. The Balaban J connectivity index is 2.86. The number of carbonyl (C=O) groups is 2. The summed E-state index contributed by atoms with van der Waals surface area (Å²) in [5.41, 5.74) is 0.513. The third kappa shape index (κ3) is 5.04. The molecule has 1 rings (SSSR count). The van der Waals surface area contributed by atoms with E-state index in [4.69, 9.17) is 5.11 Å². The lowest BCUT2D eigenvalue weighted by atomic mass is 10.3. The fraction of sp³-hybridized carbons (Fsp3) is 0.333. The van der Waals surface area contributed by atoms with E-state index in [0.29, 0.717) is 5.69 Å². The molecule has 0 saturated heterocycles. The van der Waals surface area contributed by atoms with Crippen molar-refractivity contribution in [2.24, 2.45) is 0 Å². The van der Waals surface area contributed by atoms with Gasteiger partial charge in [-0.2, -0.15) is 0 Å². The van der Waals surface area contributed by atoms with Gasteiger partial charge in [0.25, 0.3) is 0 Å². The SMILES string of the molecule is COCC(=O)Nc1cccc(NS(=O)(=O)C(C)C(=O)O)c1. The minimum Gasteiger partial charge on any atom is -0.480 e. The maximum atomic E-state index is 11.8. The summed E-state index contributed by atoms with van der Waals surface area (Å²) in [6.45, 7) is 0.931. The quantitative estimate of drug-likeness (QED) is 0.673. The van der Waals surface area contributed by atoms with Crippen LogP contribution in [-0.2, 0) is 24.3 Å². The number of nitrogens with one attached hydrogen (secondary N) is 2. The molecular formula is C12H16N2O6S. The van der Waals surface area contributed by atoms with Gasteiger partial charge in [-0.05, 0) is 25.1 Å². The summed E-state index contributed by atoms with van der Waals surface area (Å²) in [4.78, 5) is 22.1. The highest BCUT2D eigenvalue weighted by molar-refractivity contribution is 7.94. The van der Waals surface area contributed by atoms with Crippen molar-refractivity contribution < 1.29 is 27.9 Å². The summed E-state index contributed by atoms with van der Waals surface area (Å²) in [7, 11) is -2.68. The molecule has 0 fully saturated rings. The summed E-state index contributed by atoms with van der Waals surface area (Å²) < 4.78 is 30.4. The van der Waals surface area contributed by atoms with E-state index in [-0.39, 0.29) is 12.3 Å². The van der Waals surface area contributed by atoms with Crippen molar-refractivity contribution >= 4 is 33.3 Å². The van der Waals surface area contributed by atoms with Crippen molar-refractivity contribution in [3.63, 3.8) is 0 Å². The zero-order valence-electron chi connectivity index (χ0n) is 11.5. The molecule has 0 aliphatic rings. The molecule has 0 aliphatic carbocycles. The van der Waals surface area contributed by atoms with Crippen LogP contribution in [0.5, 0.6) is 0 Å². The highest BCUT2D eigenvalue weighted by Gasteiger charge is 2.27. The van der Waals surface area contributed by atoms with Crippen LogP contribution >= 0.6 is 0 Å². The standard InChI is InChI=1S/C12H16N2O6S/c1-8(12(16)17)21(18,19)14-10-5-3-4-9(6-10)13-11(15)7-20-2/h3-6,8,14H,7H2,1-2H3,(H,13,15)(H,16,17). The number of aliphatic carboxylic acids is 1. The number of carbonyl (C=O) groups excluding carboxylic acids is 1. The summed E-state index contributed by atoms with van der Waals surface area (Å²) in [6, 6.07) is 5.90. The van der Waals surface area contributed by atoms with Crippen LogP contribution < -0.4 is 10.0 Å². The first-order valence-electron chi connectivity index (χ1n) is 5.89. The lowest BCUT2D eigenvalue weighted by Gasteiger charge is -2.12. The zero-order chi connectivity index (χ0) is 16.0. The van der Waals surface area contributed by atoms with Crippen LogP contribution in [0.1, 0.15) is 6.92 Å². The van der Waals surface area contributed by atoms with Gasteiger partial charge in [-0.15, -0.1) is 0 Å². The highest BCUT2D eigenvalue weighted by atomic mass is 32.2. The van der Waals surface area contributed by atoms with E-state index in [1.807, 2.05) is 0 Å². The molecule has 1 unspecified atom stereocenters. The number of benzene rings is 1. The highest BCUT2D eigenvalue weighted by Crippen LogP contribution is 2.17. The molecule has 0 aromatic heterocycles. The Morgan fingerprint density at radius 2 is 1.95 bits per heavy atom. The summed E-state index contributed by atoms with van der Waals surface area (Å²) >= 11 is 0. The van der Waals surface area contributed by atoms with Crippen LogP contribution in [0.3, 0.4) is 0 Å². The van der Waals surface area contributed by atoms with E-state index in [1.165, 1.54) is 25.3 Å². The van der Waals surface area contributed by atoms with E-state index >= 15 is 0 Å². The predicted octanol–water partition coefficient (Wildman–Crippen LogP) is 0.486. The van der Waals surface area contributed by atoms with Gasteiger partial charge in [-0.25, -0.2) is 8.42 Å². The van der Waals surface area contributed by atoms with Crippen molar-refractivity contribution in [2.75, 3.05) is 23.8 Å². The van der Waals surface area contributed by atoms with Gasteiger partial charge >= 0.3 is 5.97 Å². The van der Waals surface area contributed by atoms with Crippen molar-refractivity contribution in [3.05, 3.63) is 24.3 Å². The topological polar surface area (TPSA) is 122 Å². The average Bonchev–Trinajstić information content (AvgIpc) is 2.37. The second kappa shape index (κ2) is 7.04. The lowest BCUT2D eigenvalue weighted by Crippen LogP contribution is -2.32. The molecule has 1 atom stereocenters. The normalized spacial score (nSPS) is 12.5. The van der Waals surface area contributed by atoms with Gasteiger partial charge in [0.1, 0.15) is 6.61 Å². The number of carboxylic acid groups (broad SMARTS) is 1. The number of anilines is 2. The van der Waals surface area contributed by atoms with Gasteiger partial charge in [-0.1, -0.05) is 6.07 Å². The Bertz CT molecular complexity index is 628. The summed E-state index contributed by atoms with van der Waals surface area (Å²) in [5, 5.41) is 9.65. The second-order valence-corrected chi connectivity index (χ2v) is 6.19. The third-order valence-corrected chi connectivity index (χ3v) is 4.15. The van der Waals surface area contributed by atoms with Crippen molar-refractivity contribution in [1.82, 2.24) is 0 Å². The predicted molar refractivity (Wildman–Crippen MR) is 76.6 cm³/mol. The van der Waals surface area contributed by atoms with E-state index in [2.05, 4.69) is 14.8 Å². The Morgan fingerprint density at radius 3 is 2.52 bits per heavy atom. The number of ether oxygens (including phenoxy) is 1. The molecule has 8 nitrogen and oxygen atoms in total. The molecule has 0 saturated carbocycles. The Morgan fingerprint density at radius 1 is 1.33 bits per heavy atom. The molecule has 1 aromatic rings. The molecule has 1 aromatic carbocycles. The molecule has 1 amide bonds. The van der Waals surface area contributed by atoms with Gasteiger partial charge in [0, 0.05) is 12.8 Å². The molecule has 0 spiro atoms. The zero-order valence-corrected chi connectivity index (χ0v) is 12.3. The van der Waals surface area contributed by atoms with E-state index < -0.39 is 27.1 Å². The number of sulfonamides is 1. The Labute approximate surface area is 122 Å². The van der Waals surface area contributed by atoms with Gasteiger partial charge < -0.3 is 15.2 Å². The maximum Gasteiger partial charge on any atom is 0.323 e. The smallest absolute Gasteiger partial charge is 0.323 e. The molecule has 116 valence electrons. The van der Waals surface area contributed by atoms with E-state index in [1.54, 1.807) is 6.07 Å². The summed E-state index contributed by atoms with van der Waals surface area (Å²) in [6.07, 6.45) is 0. The number of amides is 1. The van der Waals surface area contributed by atoms with Gasteiger partial charge in [-0.3, -0.25) is 14.3 Å². The molecule has 0 radical (unpaired) electrons.